The van der Waals surface area contributed by atoms with Gasteiger partial charge in [-0.3, -0.25) is 4.79 Å². The first-order valence-corrected chi connectivity index (χ1v) is 10.5. The Hall–Kier alpha value is -2.78. The van der Waals surface area contributed by atoms with E-state index in [2.05, 4.69) is 15.1 Å². The highest BCUT2D eigenvalue weighted by Crippen LogP contribution is 2.32. The van der Waals surface area contributed by atoms with Gasteiger partial charge in [0.2, 0.25) is 5.13 Å². The Labute approximate surface area is 170 Å². The van der Waals surface area contributed by atoms with Crippen LogP contribution in [0, 0.1) is 0 Å². The Kier molecular flexibility index (Phi) is 5.36. The molecule has 0 radical (unpaired) electrons. The molecule has 0 atom stereocenters. The number of rotatable bonds is 4. The van der Waals surface area contributed by atoms with E-state index in [9.17, 15) is 9.59 Å². The molecule has 7 nitrogen and oxygen atoms in total. The summed E-state index contributed by atoms with van der Waals surface area (Å²) in [5, 5.41) is 12.4. The van der Waals surface area contributed by atoms with Crippen molar-refractivity contribution in [2.24, 2.45) is 0 Å². The Morgan fingerprint density at radius 1 is 1.00 bits per heavy atom. The minimum absolute atomic E-state index is 0.155. The van der Waals surface area contributed by atoms with Crippen molar-refractivity contribution in [3.8, 4) is 9.88 Å². The SMILES string of the molecule is COC(=O)c1ccccc1C(=O)N1CCN(c2nnc(-c3cccs3)s2)CC1. The third kappa shape index (κ3) is 3.63. The molecule has 2 aromatic heterocycles. The molecule has 1 aliphatic rings. The van der Waals surface area contributed by atoms with E-state index in [1.807, 2.05) is 17.5 Å². The second kappa shape index (κ2) is 8.07. The van der Waals surface area contributed by atoms with Crippen LogP contribution in [0.2, 0.25) is 0 Å². The molecule has 1 saturated heterocycles. The van der Waals surface area contributed by atoms with Crippen LogP contribution in [0.4, 0.5) is 5.13 Å². The number of ether oxygens (including phenoxy) is 1. The fraction of sp³-hybridized carbons (Fsp3) is 0.263. The van der Waals surface area contributed by atoms with Gasteiger partial charge in [-0.25, -0.2) is 4.79 Å². The summed E-state index contributed by atoms with van der Waals surface area (Å²) in [6.45, 7) is 2.46. The summed E-state index contributed by atoms with van der Waals surface area (Å²) in [4.78, 5) is 29.9. The number of hydrogen-bond donors (Lipinski definition) is 0. The quantitative estimate of drug-likeness (QED) is 0.611. The van der Waals surface area contributed by atoms with Crippen molar-refractivity contribution in [2.75, 3.05) is 38.2 Å². The molecule has 3 aromatic rings. The van der Waals surface area contributed by atoms with E-state index in [1.54, 1.807) is 51.8 Å². The van der Waals surface area contributed by atoms with Gasteiger partial charge < -0.3 is 14.5 Å². The van der Waals surface area contributed by atoms with Crippen molar-refractivity contribution >= 4 is 39.7 Å². The number of hydrogen-bond acceptors (Lipinski definition) is 8. The number of methoxy groups -OCH3 is 1. The molecule has 0 N–H and O–H groups in total. The van der Waals surface area contributed by atoms with Crippen LogP contribution in [0.3, 0.4) is 0 Å². The van der Waals surface area contributed by atoms with Gasteiger partial charge in [0, 0.05) is 26.2 Å². The fourth-order valence-electron chi connectivity index (χ4n) is 3.07. The standard InChI is InChI=1S/C19H18N4O3S2/c1-26-18(25)14-6-3-2-5-13(14)17(24)22-8-10-23(11-9-22)19-21-20-16(28-19)15-7-4-12-27-15/h2-7,12H,8-11H2,1H3. The van der Waals surface area contributed by atoms with Gasteiger partial charge in [-0.2, -0.15) is 0 Å². The third-order valence-electron chi connectivity index (χ3n) is 4.55. The maximum atomic E-state index is 12.9. The monoisotopic (exact) mass is 414 g/mol. The number of carbonyl (C=O) groups is 2. The van der Waals surface area contributed by atoms with Crippen molar-refractivity contribution in [2.45, 2.75) is 0 Å². The van der Waals surface area contributed by atoms with E-state index in [0.717, 1.165) is 15.0 Å². The fourth-order valence-corrected chi connectivity index (χ4v) is 4.76. The molecule has 1 aromatic carbocycles. The molecular formula is C19H18N4O3S2. The van der Waals surface area contributed by atoms with Crippen LogP contribution >= 0.6 is 22.7 Å². The van der Waals surface area contributed by atoms with Crippen LogP contribution in [0.25, 0.3) is 9.88 Å². The number of esters is 1. The normalized spacial score (nSPS) is 14.2. The summed E-state index contributed by atoms with van der Waals surface area (Å²) in [5.41, 5.74) is 0.667. The van der Waals surface area contributed by atoms with Crippen molar-refractivity contribution < 1.29 is 14.3 Å². The van der Waals surface area contributed by atoms with Crippen LogP contribution in [0.1, 0.15) is 20.7 Å². The van der Waals surface area contributed by atoms with Crippen molar-refractivity contribution in [3.05, 3.63) is 52.9 Å². The minimum Gasteiger partial charge on any atom is -0.465 e. The van der Waals surface area contributed by atoms with Crippen LogP contribution < -0.4 is 4.90 Å². The van der Waals surface area contributed by atoms with Gasteiger partial charge in [-0.15, -0.1) is 21.5 Å². The number of nitrogens with zero attached hydrogens (tertiary/aromatic N) is 4. The van der Waals surface area contributed by atoms with Gasteiger partial charge in [0.05, 0.1) is 23.1 Å². The molecule has 0 spiro atoms. The summed E-state index contributed by atoms with van der Waals surface area (Å²) in [7, 11) is 1.31. The van der Waals surface area contributed by atoms with E-state index in [1.165, 1.54) is 7.11 Å². The van der Waals surface area contributed by atoms with E-state index < -0.39 is 5.97 Å². The van der Waals surface area contributed by atoms with E-state index in [4.69, 9.17) is 4.74 Å². The number of thiophene rings is 1. The first-order valence-electron chi connectivity index (χ1n) is 8.76. The maximum Gasteiger partial charge on any atom is 0.338 e. The van der Waals surface area contributed by atoms with Gasteiger partial charge >= 0.3 is 5.97 Å². The minimum atomic E-state index is -0.502. The van der Waals surface area contributed by atoms with Crippen LogP contribution in [-0.2, 0) is 4.74 Å². The average molecular weight is 415 g/mol. The van der Waals surface area contributed by atoms with E-state index in [0.29, 0.717) is 37.3 Å². The summed E-state index contributed by atoms with van der Waals surface area (Å²) in [6.07, 6.45) is 0. The number of piperazine rings is 1. The zero-order chi connectivity index (χ0) is 19.5. The van der Waals surface area contributed by atoms with E-state index >= 15 is 0 Å². The molecular weight excluding hydrogens is 396 g/mol. The molecule has 3 heterocycles. The van der Waals surface area contributed by atoms with Crippen LogP contribution in [0.15, 0.2) is 41.8 Å². The number of aromatic nitrogens is 2. The third-order valence-corrected chi connectivity index (χ3v) is 6.57. The lowest BCUT2D eigenvalue weighted by molar-refractivity contribution is 0.0589. The average Bonchev–Trinajstić information content (AvgIpc) is 3.44. The highest BCUT2D eigenvalue weighted by atomic mass is 32.1. The smallest absolute Gasteiger partial charge is 0.338 e. The molecule has 1 fully saturated rings. The second-order valence-electron chi connectivity index (χ2n) is 6.18. The Morgan fingerprint density at radius 3 is 2.43 bits per heavy atom. The highest BCUT2D eigenvalue weighted by Gasteiger charge is 2.27. The predicted molar refractivity (Wildman–Crippen MR) is 109 cm³/mol. The van der Waals surface area contributed by atoms with E-state index in [-0.39, 0.29) is 5.91 Å². The number of carbonyl (C=O) groups excluding carboxylic acids is 2. The van der Waals surface area contributed by atoms with Crippen molar-refractivity contribution in [1.29, 1.82) is 0 Å². The lowest BCUT2D eigenvalue weighted by Gasteiger charge is -2.34. The molecule has 0 saturated carbocycles. The molecule has 4 rings (SSSR count). The second-order valence-corrected chi connectivity index (χ2v) is 8.09. The van der Waals surface area contributed by atoms with Crippen molar-refractivity contribution in [3.63, 3.8) is 0 Å². The summed E-state index contributed by atoms with van der Waals surface area (Å²) >= 11 is 3.20. The Balaban J connectivity index is 1.43. The van der Waals surface area contributed by atoms with Gasteiger partial charge in [0.1, 0.15) is 0 Å². The number of anilines is 1. The molecule has 1 aliphatic heterocycles. The summed E-state index contributed by atoms with van der Waals surface area (Å²) in [6, 6.07) is 10.8. The molecule has 28 heavy (non-hydrogen) atoms. The largest absolute Gasteiger partial charge is 0.465 e. The van der Waals surface area contributed by atoms with Crippen LogP contribution in [-0.4, -0.2) is 60.3 Å². The molecule has 0 aliphatic carbocycles. The van der Waals surface area contributed by atoms with Gasteiger partial charge in [0.15, 0.2) is 5.01 Å². The Bertz CT molecular complexity index is 979. The first kappa shape index (κ1) is 18.6. The molecule has 1 amide bonds. The predicted octanol–water partition coefficient (Wildman–Crippen LogP) is 3.02. The first-order chi connectivity index (χ1) is 13.7. The number of amides is 1. The molecule has 0 bridgehead atoms. The summed E-state index contributed by atoms with van der Waals surface area (Å²) in [5.74, 6) is -0.658. The molecule has 144 valence electrons. The van der Waals surface area contributed by atoms with Crippen molar-refractivity contribution in [1.82, 2.24) is 15.1 Å². The summed E-state index contributed by atoms with van der Waals surface area (Å²) < 4.78 is 4.79. The van der Waals surface area contributed by atoms with Gasteiger partial charge in [-0.1, -0.05) is 29.5 Å². The van der Waals surface area contributed by atoms with Crippen LogP contribution in [0.5, 0.6) is 0 Å². The van der Waals surface area contributed by atoms with Gasteiger partial charge in [0.25, 0.3) is 5.91 Å². The lowest BCUT2D eigenvalue weighted by Crippen LogP contribution is -2.49. The van der Waals surface area contributed by atoms with Gasteiger partial charge in [-0.05, 0) is 23.6 Å². The lowest BCUT2D eigenvalue weighted by atomic mass is 10.1. The number of benzene rings is 1. The zero-order valence-electron chi connectivity index (χ0n) is 15.2. The Morgan fingerprint density at radius 2 is 1.75 bits per heavy atom. The maximum absolute atomic E-state index is 12.9. The topological polar surface area (TPSA) is 75.6 Å². The zero-order valence-corrected chi connectivity index (χ0v) is 16.8. The molecule has 9 heteroatoms. The highest BCUT2D eigenvalue weighted by molar-refractivity contribution is 7.22. The molecule has 0 unspecified atom stereocenters.